The number of rotatable bonds is 4. The minimum atomic E-state index is -4.24. The summed E-state index contributed by atoms with van der Waals surface area (Å²) < 4.78 is 44.0. The molecule has 0 aliphatic heterocycles. The Bertz CT molecular complexity index is 443. The van der Waals surface area contributed by atoms with Gasteiger partial charge in [-0.15, -0.1) is 0 Å². The maximum Gasteiger partial charge on any atom is 0.391 e. The average Bonchev–Trinajstić information content (AvgIpc) is 2.59. The molecule has 0 aromatic heterocycles. The molecule has 0 spiro atoms. The first-order valence-corrected chi connectivity index (χ1v) is 7.27. The maximum absolute atomic E-state index is 12.9. The van der Waals surface area contributed by atoms with Gasteiger partial charge in [-0.2, -0.15) is 13.2 Å². The van der Waals surface area contributed by atoms with Crippen LogP contribution in [0.1, 0.15) is 46.0 Å². The van der Waals surface area contributed by atoms with Gasteiger partial charge in [-0.25, -0.2) is 9.59 Å². The smallest absolute Gasteiger partial charge is 0.391 e. The summed E-state index contributed by atoms with van der Waals surface area (Å²) in [5.74, 6) is -3.64. The molecule has 22 heavy (non-hydrogen) atoms. The van der Waals surface area contributed by atoms with Crippen LogP contribution in [0.2, 0.25) is 0 Å². The lowest BCUT2D eigenvalue weighted by atomic mass is 9.82. The molecule has 0 heterocycles. The Balaban J connectivity index is 2.84. The van der Waals surface area contributed by atoms with Gasteiger partial charge in [0.05, 0.1) is 5.92 Å². The molecule has 1 saturated carbocycles. The van der Waals surface area contributed by atoms with E-state index in [0.717, 1.165) is 6.08 Å². The first kappa shape index (κ1) is 18.5. The molecule has 2 unspecified atom stereocenters. The minimum Gasteiger partial charge on any atom is -0.478 e. The van der Waals surface area contributed by atoms with Crippen LogP contribution in [-0.4, -0.2) is 28.8 Å². The van der Waals surface area contributed by atoms with Crippen LogP contribution in [-0.2, 0) is 14.3 Å². The molecule has 126 valence electrons. The number of aliphatic carboxylic acids is 1. The SMILES string of the molecule is CC(C)C1(OC(=O)/C=C/C(=O)O)CCCC(C(F)(F)F)CC1. The topological polar surface area (TPSA) is 63.6 Å². The summed E-state index contributed by atoms with van der Waals surface area (Å²) in [5.41, 5.74) is -0.972. The fraction of sp³-hybridized carbons (Fsp3) is 0.733. The van der Waals surface area contributed by atoms with Gasteiger partial charge in [0.2, 0.25) is 0 Å². The first-order chi connectivity index (χ1) is 10.1. The summed E-state index contributed by atoms with van der Waals surface area (Å²) in [4.78, 5) is 22.1. The van der Waals surface area contributed by atoms with Crippen LogP contribution in [0.15, 0.2) is 12.2 Å². The number of alkyl halides is 3. The molecule has 0 aromatic carbocycles. The van der Waals surface area contributed by atoms with Crippen molar-refractivity contribution in [3.63, 3.8) is 0 Å². The van der Waals surface area contributed by atoms with Crippen molar-refractivity contribution in [2.45, 2.75) is 57.7 Å². The van der Waals surface area contributed by atoms with Gasteiger partial charge < -0.3 is 9.84 Å². The first-order valence-electron chi connectivity index (χ1n) is 7.27. The highest BCUT2D eigenvalue weighted by Gasteiger charge is 2.46. The van der Waals surface area contributed by atoms with Crippen LogP contribution in [0.4, 0.5) is 13.2 Å². The van der Waals surface area contributed by atoms with Crippen LogP contribution < -0.4 is 0 Å². The fourth-order valence-electron chi connectivity index (χ4n) is 2.83. The van der Waals surface area contributed by atoms with Gasteiger partial charge in [-0.1, -0.05) is 13.8 Å². The molecule has 0 bridgehead atoms. The minimum absolute atomic E-state index is 0.0283. The molecule has 0 radical (unpaired) electrons. The van der Waals surface area contributed by atoms with Crippen LogP contribution in [0.25, 0.3) is 0 Å². The Labute approximate surface area is 127 Å². The van der Waals surface area contributed by atoms with Crippen molar-refractivity contribution in [3.8, 4) is 0 Å². The van der Waals surface area contributed by atoms with E-state index in [1.54, 1.807) is 13.8 Å². The number of esters is 1. The lowest BCUT2D eigenvalue weighted by Gasteiger charge is -2.36. The van der Waals surface area contributed by atoms with Gasteiger partial charge in [0, 0.05) is 12.2 Å². The lowest BCUT2D eigenvalue weighted by molar-refractivity contribution is -0.179. The molecule has 1 aliphatic rings. The zero-order valence-electron chi connectivity index (χ0n) is 12.7. The number of carbonyl (C=O) groups is 2. The highest BCUT2D eigenvalue weighted by Crippen LogP contribution is 2.43. The zero-order chi connectivity index (χ0) is 17.0. The Kier molecular flexibility index (Phi) is 6.02. The molecular formula is C15H21F3O4. The third-order valence-corrected chi connectivity index (χ3v) is 4.25. The number of ether oxygens (including phenoxy) is 1. The van der Waals surface area contributed by atoms with Gasteiger partial charge in [0.1, 0.15) is 5.60 Å². The summed E-state index contributed by atoms with van der Waals surface area (Å²) in [6, 6.07) is 0. The molecule has 0 saturated heterocycles. The van der Waals surface area contributed by atoms with Gasteiger partial charge in [0.15, 0.2) is 0 Å². The number of carboxylic acid groups (broad SMARTS) is 1. The number of hydrogen-bond acceptors (Lipinski definition) is 3. The van der Waals surface area contributed by atoms with E-state index in [9.17, 15) is 22.8 Å². The predicted octanol–water partition coefficient (Wildman–Crippen LogP) is 3.71. The van der Waals surface area contributed by atoms with Gasteiger partial charge >= 0.3 is 18.1 Å². The van der Waals surface area contributed by atoms with Gasteiger partial charge in [-0.05, 0) is 38.0 Å². The molecule has 1 aliphatic carbocycles. The third kappa shape index (κ3) is 5.03. The number of carboxylic acids is 1. The molecule has 0 amide bonds. The van der Waals surface area contributed by atoms with Crippen molar-refractivity contribution in [3.05, 3.63) is 12.2 Å². The van der Waals surface area contributed by atoms with Crippen LogP contribution in [0.3, 0.4) is 0 Å². The van der Waals surface area contributed by atoms with Crippen LogP contribution in [0.5, 0.6) is 0 Å². The molecule has 1 rings (SSSR count). The fourth-order valence-corrected chi connectivity index (χ4v) is 2.83. The largest absolute Gasteiger partial charge is 0.478 e. The van der Waals surface area contributed by atoms with Gasteiger partial charge in [0.25, 0.3) is 0 Å². The summed E-state index contributed by atoms with van der Waals surface area (Å²) >= 11 is 0. The van der Waals surface area contributed by atoms with Crippen molar-refractivity contribution < 1.29 is 32.6 Å². The molecule has 4 nitrogen and oxygen atoms in total. The third-order valence-electron chi connectivity index (χ3n) is 4.25. The van der Waals surface area contributed by atoms with Crippen LogP contribution >= 0.6 is 0 Å². The summed E-state index contributed by atoms with van der Waals surface area (Å²) in [6.07, 6.45) is -2.05. The lowest BCUT2D eigenvalue weighted by Crippen LogP contribution is -2.40. The van der Waals surface area contributed by atoms with Crippen molar-refractivity contribution >= 4 is 11.9 Å². The molecule has 2 atom stereocenters. The number of hydrogen-bond donors (Lipinski definition) is 1. The van der Waals surface area contributed by atoms with Crippen molar-refractivity contribution in [1.82, 2.24) is 0 Å². The molecule has 7 heteroatoms. The van der Waals surface area contributed by atoms with E-state index < -0.39 is 29.6 Å². The molecular weight excluding hydrogens is 301 g/mol. The second kappa shape index (κ2) is 7.15. The molecule has 0 aromatic rings. The summed E-state index contributed by atoms with van der Waals surface area (Å²) in [6.45, 7) is 3.59. The highest BCUT2D eigenvalue weighted by atomic mass is 19.4. The van der Waals surface area contributed by atoms with E-state index >= 15 is 0 Å². The Morgan fingerprint density at radius 1 is 1.23 bits per heavy atom. The van der Waals surface area contributed by atoms with Crippen LogP contribution in [0, 0.1) is 11.8 Å². The van der Waals surface area contributed by atoms with E-state index in [1.807, 2.05) is 0 Å². The van der Waals surface area contributed by atoms with E-state index in [2.05, 4.69) is 0 Å². The predicted molar refractivity (Wildman–Crippen MR) is 73.1 cm³/mol. The van der Waals surface area contributed by atoms with E-state index in [-0.39, 0.29) is 25.2 Å². The van der Waals surface area contributed by atoms with Crippen molar-refractivity contribution in [1.29, 1.82) is 0 Å². The molecule has 1 fully saturated rings. The standard InChI is InChI=1S/C15H21F3O4/c1-10(2)14(22-13(21)6-5-12(19)20)8-3-4-11(7-9-14)15(16,17)18/h5-6,10-11H,3-4,7-9H2,1-2H3,(H,19,20)/b6-5+. The highest BCUT2D eigenvalue weighted by molar-refractivity contribution is 5.90. The normalized spacial score (nSPS) is 26.9. The summed E-state index contributed by atoms with van der Waals surface area (Å²) in [7, 11) is 0. The second-order valence-electron chi connectivity index (χ2n) is 5.98. The Hall–Kier alpha value is -1.53. The maximum atomic E-state index is 12.9. The Morgan fingerprint density at radius 3 is 2.36 bits per heavy atom. The van der Waals surface area contributed by atoms with E-state index in [0.29, 0.717) is 18.9 Å². The Morgan fingerprint density at radius 2 is 1.86 bits per heavy atom. The van der Waals surface area contributed by atoms with Crippen molar-refractivity contribution in [2.75, 3.05) is 0 Å². The van der Waals surface area contributed by atoms with Crippen molar-refractivity contribution in [2.24, 2.45) is 11.8 Å². The average molecular weight is 322 g/mol. The number of carbonyl (C=O) groups excluding carboxylic acids is 1. The summed E-state index contributed by atoms with van der Waals surface area (Å²) in [5, 5.41) is 8.49. The monoisotopic (exact) mass is 322 g/mol. The second-order valence-corrected chi connectivity index (χ2v) is 5.98. The molecule has 1 N–H and O–H groups in total. The van der Waals surface area contributed by atoms with Gasteiger partial charge in [-0.3, -0.25) is 0 Å². The zero-order valence-corrected chi connectivity index (χ0v) is 12.7. The quantitative estimate of drug-likeness (QED) is 0.487. The van der Waals surface area contributed by atoms with E-state index in [1.165, 1.54) is 0 Å². The number of halogens is 3. The van der Waals surface area contributed by atoms with E-state index in [4.69, 9.17) is 9.84 Å².